The van der Waals surface area contributed by atoms with E-state index in [1.54, 1.807) is 12.1 Å². The fourth-order valence-electron chi connectivity index (χ4n) is 2.71. The summed E-state index contributed by atoms with van der Waals surface area (Å²) in [5, 5.41) is 3.41. The number of hydrogen-bond acceptors (Lipinski definition) is 2. The maximum Gasteiger partial charge on any atom is 0.401 e. The summed E-state index contributed by atoms with van der Waals surface area (Å²) in [7, 11) is 0. The van der Waals surface area contributed by atoms with E-state index in [0.717, 1.165) is 5.56 Å². The van der Waals surface area contributed by atoms with E-state index in [-0.39, 0.29) is 17.9 Å². The van der Waals surface area contributed by atoms with E-state index in [2.05, 4.69) is 5.32 Å². The molecule has 2 rings (SSSR count). The fraction of sp³-hybridized carbons (Fsp3) is 0.600. The van der Waals surface area contributed by atoms with Crippen LogP contribution in [-0.2, 0) is 0 Å². The van der Waals surface area contributed by atoms with Crippen molar-refractivity contribution in [1.82, 2.24) is 10.2 Å². The van der Waals surface area contributed by atoms with E-state index >= 15 is 0 Å². The number of rotatable bonds is 4. The lowest BCUT2D eigenvalue weighted by Gasteiger charge is -2.34. The van der Waals surface area contributed by atoms with Crippen molar-refractivity contribution in [3.05, 3.63) is 35.6 Å². The summed E-state index contributed by atoms with van der Waals surface area (Å²) >= 11 is 0. The predicted molar refractivity (Wildman–Crippen MR) is 73.5 cm³/mol. The Morgan fingerprint density at radius 1 is 1.19 bits per heavy atom. The molecule has 0 spiro atoms. The van der Waals surface area contributed by atoms with Crippen molar-refractivity contribution in [1.29, 1.82) is 0 Å². The fourth-order valence-corrected chi connectivity index (χ4v) is 2.71. The van der Waals surface area contributed by atoms with Gasteiger partial charge in [-0.1, -0.05) is 12.1 Å². The van der Waals surface area contributed by atoms with E-state index in [1.807, 2.05) is 6.92 Å². The van der Waals surface area contributed by atoms with Crippen molar-refractivity contribution in [3.8, 4) is 0 Å². The molecule has 1 N–H and O–H groups in total. The first-order valence-electron chi connectivity index (χ1n) is 7.14. The average Bonchev–Trinajstić information content (AvgIpc) is 2.40. The summed E-state index contributed by atoms with van der Waals surface area (Å²) in [6.45, 7) is 2.06. The third-order valence-corrected chi connectivity index (χ3v) is 3.85. The highest BCUT2D eigenvalue weighted by Gasteiger charge is 2.32. The molecule has 1 aliphatic heterocycles. The molecule has 21 heavy (non-hydrogen) atoms. The normalized spacial score (nSPS) is 19.7. The van der Waals surface area contributed by atoms with Gasteiger partial charge in [-0.2, -0.15) is 13.2 Å². The Kier molecular flexibility index (Phi) is 5.22. The van der Waals surface area contributed by atoms with E-state index in [1.165, 1.54) is 17.0 Å². The van der Waals surface area contributed by atoms with E-state index in [9.17, 15) is 17.6 Å². The maximum absolute atomic E-state index is 12.9. The van der Waals surface area contributed by atoms with Crippen LogP contribution in [0.3, 0.4) is 0 Å². The number of piperidine rings is 1. The summed E-state index contributed by atoms with van der Waals surface area (Å²) in [5.41, 5.74) is 0.981. The summed E-state index contributed by atoms with van der Waals surface area (Å²) in [6.07, 6.45) is -2.73. The number of hydrogen-bond donors (Lipinski definition) is 1. The van der Waals surface area contributed by atoms with E-state index < -0.39 is 12.7 Å². The van der Waals surface area contributed by atoms with Crippen LogP contribution in [0, 0.1) is 5.82 Å². The third kappa shape index (κ3) is 5.28. The quantitative estimate of drug-likeness (QED) is 0.857. The number of benzene rings is 1. The summed E-state index contributed by atoms with van der Waals surface area (Å²) in [5.74, 6) is -0.272. The second-order valence-electron chi connectivity index (χ2n) is 5.61. The van der Waals surface area contributed by atoms with Crippen LogP contribution >= 0.6 is 0 Å². The molecule has 6 heteroatoms. The summed E-state index contributed by atoms with van der Waals surface area (Å²) in [4.78, 5) is 1.45. The standard InChI is InChI=1S/C15H20F4N2/c1-11(12-2-4-13(16)5-3-12)20-14-6-8-21(9-7-14)10-15(17,18)19/h2-5,11,14,20H,6-10H2,1H3/t11-/m0/s1. The molecule has 0 unspecified atom stereocenters. The molecule has 1 heterocycles. The van der Waals surface area contributed by atoms with Gasteiger partial charge < -0.3 is 5.32 Å². The third-order valence-electron chi connectivity index (χ3n) is 3.85. The summed E-state index contributed by atoms with van der Waals surface area (Å²) < 4.78 is 49.8. The molecule has 1 aliphatic rings. The van der Waals surface area contributed by atoms with Crippen LogP contribution in [0.1, 0.15) is 31.4 Å². The largest absolute Gasteiger partial charge is 0.401 e. The number of halogens is 4. The number of nitrogens with one attached hydrogen (secondary N) is 1. The summed E-state index contributed by atoms with van der Waals surface area (Å²) in [6, 6.07) is 6.55. The number of nitrogens with zero attached hydrogens (tertiary/aromatic N) is 1. The average molecular weight is 304 g/mol. The zero-order valence-electron chi connectivity index (χ0n) is 12.0. The number of likely N-dealkylation sites (tertiary alicyclic amines) is 1. The van der Waals surface area contributed by atoms with Gasteiger partial charge in [-0.15, -0.1) is 0 Å². The predicted octanol–water partition coefficient (Wildman–Crippen LogP) is 3.50. The molecule has 1 fully saturated rings. The van der Waals surface area contributed by atoms with Crippen molar-refractivity contribution in [2.45, 2.75) is 38.0 Å². The van der Waals surface area contributed by atoms with E-state index in [4.69, 9.17) is 0 Å². The Bertz CT molecular complexity index is 436. The minimum atomic E-state index is -4.12. The SMILES string of the molecule is C[C@H](NC1CCN(CC(F)(F)F)CC1)c1ccc(F)cc1. The zero-order valence-corrected chi connectivity index (χ0v) is 12.0. The molecule has 0 bridgehead atoms. The van der Waals surface area contributed by atoms with Crippen LogP contribution in [0.2, 0.25) is 0 Å². The molecule has 2 nitrogen and oxygen atoms in total. The van der Waals surface area contributed by atoms with Gasteiger partial charge in [-0.05, 0) is 50.6 Å². The van der Waals surface area contributed by atoms with Gasteiger partial charge >= 0.3 is 6.18 Å². The molecule has 1 atom stereocenters. The van der Waals surface area contributed by atoms with Crippen molar-refractivity contribution in [3.63, 3.8) is 0 Å². The highest BCUT2D eigenvalue weighted by molar-refractivity contribution is 5.19. The molecule has 0 aromatic heterocycles. The Morgan fingerprint density at radius 3 is 2.29 bits per heavy atom. The van der Waals surface area contributed by atoms with Crippen LogP contribution < -0.4 is 5.32 Å². The van der Waals surface area contributed by atoms with Crippen molar-refractivity contribution in [2.75, 3.05) is 19.6 Å². The highest BCUT2D eigenvalue weighted by Crippen LogP contribution is 2.21. The minimum Gasteiger partial charge on any atom is -0.307 e. The van der Waals surface area contributed by atoms with Gasteiger partial charge in [0.05, 0.1) is 6.54 Å². The lowest BCUT2D eigenvalue weighted by Crippen LogP contribution is -2.46. The first-order chi connectivity index (χ1) is 9.83. The van der Waals surface area contributed by atoms with Crippen LogP contribution in [0.4, 0.5) is 17.6 Å². The molecule has 0 saturated carbocycles. The Hall–Kier alpha value is -1.14. The second-order valence-corrected chi connectivity index (χ2v) is 5.61. The van der Waals surface area contributed by atoms with Crippen LogP contribution in [0.25, 0.3) is 0 Å². The number of alkyl halides is 3. The van der Waals surface area contributed by atoms with Crippen LogP contribution in [0.5, 0.6) is 0 Å². The van der Waals surface area contributed by atoms with Crippen molar-refractivity contribution in [2.24, 2.45) is 0 Å². The molecule has 1 aromatic rings. The molecule has 1 aromatic carbocycles. The van der Waals surface area contributed by atoms with Gasteiger partial charge in [0.25, 0.3) is 0 Å². The zero-order chi connectivity index (χ0) is 15.5. The molecule has 0 aliphatic carbocycles. The molecular weight excluding hydrogens is 284 g/mol. The minimum absolute atomic E-state index is 0.0600. The smallest absolute Gasteiger partial charge is 0.307 e. The van der Waals surface area contributed by atoms with Gasteiger partial charge in [0.1, 0.15) is 5.82 Å². The van der Waals surface area contributed by atoms with Gasteiger partial charge in [0.15, 0.2) is 0 Å². The van der Waals surface area contributed by atoms with Crippen LogP contribution in [-0.4, -0.2) is 36.8 Å². The van der Waals surface area contributed by atoms with E-state index in [0.29, 0.717) is 25.9 Å². The lowest BCUT2D eigenvalue weighted by atomic mass is 10.0. The van der Waals surface area contributed by atoms with Crippen molar-refractivity contribution < 1.29 is 17.6 Å². The van der Waals surface area contributed by atoms with Gasteiger partial charge in [0.2, 0.25) is 0 Å². The molecular formula is C15H20F4N2. The topological polar surface area (TPSA) is 15.3 Å². The Balaban J connectivity index is 1.79. The maximum atomic E-state index is 12.9. The first kappa shape index (κ1) is 16.2. The monoisotopic (exact) mass is 304 g/mol. The molecule has 0 amide bonds. The van der Waals surface area contributed by atoms with Gasteiger partial charge in [0, 0.05) is 12.1 Å². The highest BCUT2D eigenvalue weighted by atomic mass is 19.4. The van der Waals surface area contributed by atoms with Gasteiger partial charge in [-0.25, -0.2) is 4.39 Å². The molecule has 1 saturated heterocycles. The second kappa shape index (κ2) is 6.75. The van der Waals surface area contributed by atoms with Crippen molar-refractivity contribution >= 4 is 0 Å². The molecule has 0 radical (unpaired) electrons. The Labute approximate surface area is 122 Å². The van der Waals surface area contributed by atoms with Gasteiger partial charge in [-0.3, -0.25) is 4.90 Å². The molecule has 118 valence electrons. The lowest BCUT2D eigenvalue weighted by molar-refractivity contribution is -0.148. The van der Waals surface area contributed by atoms with Crippen LogP contribution in [0.15, 0.2) is 24.3 Å². The first-order valence-corrected chi connectivity index (χ1v) is 7.14. The Morgan fingerprint density at radius 2 is 1.76 bits per heavy atom.